The zero-order valence-corrected chi connectivity index (χ0v) is 16.3. The molecule has 30 heavy (non-hydrogen) atoms. The maximum atomic E-state index is 13.7. The number of carbonyl (C=O) groups excluding carboxylic acids is 1. The fourth-order valence-corrected chi connectivity index (χ4v) is 3.96. The quantitative estimate of drug-likeness (QED) is 0.678. The largest absolute Gasteiger partial charge is 0.493 e. The van der Waals surface area contributed by atoms with Gasteiger partial charge in [0.1, 0.15) is 11.3 Å². The Morgan fingerprint density at radius 3 is 2.93 bits per heavy atom. The second-order valence-electron chi connectivity index (χ2n) is 7.79. The fraction of sp³-hybridized carbons (Fsp3) is 0.364. The summed E-state index contributed by atoms with van der Waals surface area (Å²) in [5.74, 6) is -2.14. The van der Waals surface area contributed by atoms with Gasteiger partial charge in [0.05, 0.1) is 13.2 Å². The first kappa shape index (κ1) is 18.8. The first-order valence-electron chi connectivity index (χ1n) is 10.1. The van der Waals surface area contributed by atoms with Crippen LogP contribution < -0.4 is 15.0 Å². The second kappa shape index (κ2) is 7.27. The molecule has 2 aliphatic rings. The van der Waals surface area contributed by atoms with E-state index in [0.29, 0.717) is 41.9 Å². The Morgan fingerprint density at radius 2 is 2.07 bits per heavy atom. The second-order valence-corrected chi connectivity index (χ2v) is 7.79. The highest BCUT2D eigenvalue weighted by Gasteiger charge is 2.36. The van der Waals surface area contributed by atoms with Crippen molar-refractivity contribution in [1.29, 1.82) is 0 Å². The number of hydrogen-bond acceptors (Lipinski definition) is 5. The summed E-state index contributed by atoms with van der Waals surface area (Å²) in [6, 6.07) is 10.7. The predicted octanol–water partition coefficient (Wildman–Crippen LogP) is 4.64. The Bertz CT molecular complexity index is 1110. The van der Waals surface area contributed by atoms with Crippen molar-refractivity contribution in [3.63, 3.8) is 0 Å². The van der Waals surface area contributed by atoms with Crippen molar-refractivity contribution in [3.8, 4) is 5.75 Å². The molecule has 1 aromatic heterocycles. The van der Waals surface area contributed by atoms with Crippen LogP contribution in [0.4, 0.5) is 20.5 Å². The third-order valence-corrected chi connectivity index (χ3v) is 5.47. The van der Waals surface area contributed by atoms with E-state index in [4.69, 9.17) is 9.15 Å². The Hall–Kier alpha value is -3.16. The molecule has 3 aromatic rings. The van der Waals surface area contributed by atoms with Crippen LogP contribution in [0.1, 0.15) is 35.2 Å². The first-order valence-corrected chi connectivity index (χ1v) is 10.1. The lowest BCUT2D eigenvalue weighted by atomic mass is 10.0. The maximum absolute atomic E-state index is 13.7. The number of nitrogens with zero attached hydrogens (tertiary/aromatic N) is 2. The molecule has 0 atom stereocenters. The van der Waals surface area contributed by atoms with E-state index < -0.39 is 12.5 Å². The SMILES string of the molecule is O=C(Nc1ccc2oc(N3CCCC(F)(F)C3)nc2c1)c1ccc2c(c1)CCCO2. The summed E-state index contributed by atoms with van der Waals surface area (Å²) < 4.78 is 38.7. The zero-order chi connectivity index (χ0) is 20.7. The number of piperidine rings is 1. The molecular formula is C22H21F2N3O3. The molecule has 5 rings (SSSR count). The Balaban J connectivity index is 1.34. The van der Waals surface area contributed by atoms with Crippen LogP contribution in [0.2, 0.25) is 0 Å². The minimum Gasteiger partial charge on any atom is -0.493 e. The lowest BCUT2D eigenvalue weighted by Crippen LogP contribution is -2.42. The van der Waals surface area contributed by atoms with Crippen LogP contribution in [-0.4, -0.2) is 36.5 Å². The van der Waals surface area contributed by atoms with Crippen LogP contribution in [0.5, 0.6) is 5.75 Å². The lowest BCUT2D eigenvalue weighted by Gasteiger charge is -2.31. The Morgan fingerprint density at radius 1 is 1.17 bits per heavy atom. The molecule has 0 saturated carbocycles. The zero-order valence-electron chi connectivity index (χ0n) is 16.3. The molecule has 0 radical (unpaired) electrons. The number of alkyl halides is 2. The van der Waals surface area contributed by atoms with E-state index in [9.17, 15) is 13.6 Å². The van der Waals surface area contributed by atoms with Gasteiger partial charge in [-0.05, 0) is 61.2 Å². The van der Waals surface area contributed by atoms with Crippen molar-refractivity contribution in [2.24, 2.45) is 0 Å². The average Bonchev–Trinajstić information content (AvgIpc) is 3.16. The summed E-state index contributed by atoms with van der Waals surface area (Å²) in [6.07, 6.45) is 2.10. The molecule has 0 aliphatic carbocycles. The van der Waals surface area contributed by atoms with E-state index in [1.54, 1.807) is 24.3 Å². The average molecular weight is 413 g/mol. The summed E-state index contributed by atoms with van der Waals surface area (Å²) in [5, 5.41) is 2.86. The van der Waals surface area contributed by atoms with E-state index in [-0.39, 0.29) is 18.3 Å². The summed E-state index contributed by atoms with van der Waals surface area (Å²) in [5.41, 5.74) is 3.14. The van der Waals surface area contributed by atoms with E-state index in [1.807, 2.05) is 12.1 Å². The number of benzene rings is 2. The number of oxazole rings is 1. The summed E-state index contributed by atoms with van der Waals surface area (Å²) >= 11 is 0. The van der Waals surface area contributed by atoms with Gasteiger partial charge in [-0.15, -0.1) is 0 Å². The van der Waals surface area contributed by atoms with Crippen LogP contribution in [-0.2, 0) is 6.42 Å². The minimum atomic E-state index is -2.74. The van der Waals surface area contributed by atoms with Gasteiger partial charge in [0, 0.05) is 24.2 Å². The van der Waals surface area contributed by atoms with Crippen LogP contribution in [0, 0.1) is 0 Å². The Labute approximate surface area is 171 Å². The van der Waals surface area contributed by atoms with E-state index in [0.717, 1.165) is 24.2 Å². The molecule has 2 aromatic carbocycles. The van der Waals surface area contributed by atoms with Crippen molar-refractivity contribution >= 4 is 28.7 Å². The summed E-state index contributed by atoms with van der Waals surface area (Å²) in [4.78, 5) is 18.5. The maximum Gasteiger partial charge on any atom is 0.298 e. The number of ether oxygens (including phenoxy) is 1. The van der Waals surface area contributed by atoms with Gasteiger partial charge in [-0.2, -0.15) is 4.98 Å². The van der Waals surface area contributed by atoms with E-state index in [1.165, 1.54) is 4.90 Å². The summed E-state index contributed by atoms with van der Waals surface area (Å²) in [6.45, 7) is 0.785. The van der Waals surface area contributed by atoms with Gasteiger partial charge in [0.2, 0.25) is 0 Å². The number of aryl methyl sites for hydroxylation is 1. The third kappa shape index (κ3) is 3.69. The van der Waals surface area contributed by atoms with Crippen LogP contribution in [0.3, 0.4) is 0 Å². The van der Waals surface area contributed by atoms with Gasteiger partial charge in [0.25, 0.3) is 17.8 Å². The van der Waals surface area contributed by atoms with Crippen molar-refractivity contribution in [2.45, 2.75) is 31.6 Å². The van der Waals surface area contributed by atoms with Gasteiger partial charge in [0.15, 0.2) is 5.58 Å². The standard InChI is InChI=1S/C22H21F2N3O3/c23-22(24)8-2-9-27(13-22)21-26-17-12-16(5-7-19(17)30-21)25-20(28)15-4-6-18-14(11-15)3-1-10-29-18/h4-7,11-12H,1-3,8-10,13H2,(H,25,28). The molecule has 0 bridgehead atoms. The van der Waals surface area contributed by atoms with Gasteiger partial charge < -0.3 is 19.4 Å². The lowest BCUT2D eigenvalue weighted by molar-refractivity contribution is -0.0127. The topological polar surface area (TPSA) is 67.6 Å². The number of nitrogens with one attached hydrogen (secondary N) is 1. The van der Waals surface area contributed by atoms with Crippen molar-refractivity contribution in [3.05, 3.63) is 47.5 Å². The molecular weight excluding hydrogens is 392 g/mol. The van der Waals surface area contributed by atoms with E-state index in [2.05, 4.69) is 10.3 Å². The Kier molecular flexibility index (Phi) is 4.56. The number of fused-ring (bicyclic) bond motifs is 2. The highest BCUT2D eigenvalue weighted by molar-refractivity contribution is 6.05. The van der Waals surface area contributed by atoms with Crippen LogP contribution >= 0.6 is 0 Å². The highest BCUT2D eigenvalue weighted by atomic mass is 19.3. The molecule has 3 heterocycles. The molecule has 1 amide bonds. The van der Waals surface area contributed by atoms with Gasteiger partial charge in [-0.1, -0.05) is 0 Å². The number of carbonyl (C=O) groups is 1. The van der Waals surface area contributed by atoms with Gasteiger partial charge >= 0.3 is 0 Å². The molecule has 1 fully saturated rings. The predicted molar refractivity (Wildman–Crippen MR) is 109 cm³/mol. The summed E-state index contributed by atoms with van der Waals surface area (Å²) in [7, 11) is 0. The third-order valence-electron chi connectivity index (χ3n) is 5.47. The molecule has 156 valence electrons. The molecule has 0 spiro atoms. The molecule has 6 nitrogen and oxygen atoms in total. The number of rotatable bonds is 3. The van der Waals surface area contributed by atoms with Gasteiger partial charge in [-0.3, -0.25) is 4.79 Å². The van der Waals surface area contributed by atoms with E-state index >= 15 is 0 Å². The van der Waals surface area contributed by atoms with Crippen molar-refractivity contribution in [1.82, 2.24) is 4.98 Å². The fourth-order valence-electron chi connectivity index (χ4n) is 3.96. The highest BCUT2D eigenvalue weighted by Crippen LogP contribution is 2.32. The number of anilines is 2. The number of halogens is 2. The minimum absolute atomic E-state index is 0.116. The number of amides is 1. The first-order chi connectivity index (χ1) is 14.5. The van der Waals surface area contributed by atoms with Crippen molar-refractivity contribution in [2.75, 3.05) is 29.9 Å². The monoisotopic (exact) mass is 413 g/mol. The smallest absolute Gasteiger partial charge is 0.298 e. The molecule has 0 unspecified atom stereocenters. The normalized spacial score (nSPS) is 18.0. The van der Waals surface area contributed by atoms with Crippen molar-refractivity contribution < 1.29 is 22.7 Å². The molecule has 1 saturated heterocycles. The molecule has 1 N–H and O–H groups in total. The van der Waals surface area contributed by atoms with Crippen LogP contribution in [0.15, 0.2) is 40.8 Å². The number of hydrogen-bond donors (Lipinski definition) is 1. The van der Waals surface area contributed by atoms with Gasteiger partial charge in [-0.25, -0.2) is 8.78 Å². The van der Waals surface area contributed by atoms with Crippen LogP contribution in [0.25, 0.3) is 11.1 Å². The molecule has 8 heteroatoms. The number of aromatic nitrogens is 1. The molecule has 2 aliphatic heterocycles.